The number of ether oxygens (including phenoxy) is 3. The molecule has 61 heavy (non-hydrogen) atoms. The van der Waals surface area contributed by atoms with Crippen LogP contribution in [-0.4, -0.2) is 37.2 Å². The first-order valence-electron chi connectivity index (χ1n) is 25.5. The molecule has 0 N–H and O–H groups in total. The SMILES string of the molecule is CC\C=C/C=C\C=C/C=C\CCCCCC(=O)OC(COC(=O)CCCCC/C=C\C=C/CCCC)COC(=O)CCCCCCCCCCCCCCCCCCCCC. The van der Waals surface area contributed by atoms with Crippen molar-refractivity contribution in [3.8, 4) is 0 Å². The summed E-state index contributed by atoms with van der Waals surface area (Å²) in [5.41, 5.74) is 0. The van der Waals surface area contributed by atoms with E-state index in [0.717, 1.165) is 77.0 Å². The van der Waals surface area contributed by atoms with Crippen molar-refractivity contribution in [1.82, 2.24) is 0 Å². The van der Waals surface area contributed by atoms with Gasteiger partial charge in [0.15, 0.2) is 6.10 Å². The molecule has 1 atom stereocenters. The van der Waals surface area contributed by atoms with Gasteiger partial charge in [0, 0.05) is 19.3 Å². The van der Waals surface area contributed by atoms with Crippen LogP contribution in [0, 0.1) is 0 Å². The number of esters is 3. The van der Waals surface area contributed by atoms with E-state index in [4.69, 9.17) is 14.2 Å². The number of hydrogen-bond acceptors (Lipinski definition) is 6. The van der Waals surface area contributed by atoms with Gasteiger partial charge in [-0.05, 0) is 57.8 Å². The molecule has 0 radical (unpaired) electrons. The Balaban J connectivity index is 4.37. The molecule has 0 aliphatic heterocycles. The van der Waals surface area contributed by atoms with E-state index in [0.29, 0.717) is 19.3 Å². The van der Waals surface area contributed by atoms with Crippen LogP contribution in [0.2, 0.25) is 0 Å². The average molecular weight is 851 g/mol. The molecular formula is C55H94O6. The Hall–Kier alpha value is -3.15. The molecule has 6 nitrogen and oxygen atoms in total. The summed E-state index contributed by atoms with van der Waals surface area (Å²) in [4.78, 5) is 37.9. The molecule has 0 amide bonds. The lowest BCUT2D eigenvalue weighted by molar-refractivity contribution is -0.167. The fourth-order valence-electron chi connectivity index (χ4n) is 6.96. The number of unbranched alkanes of at least 4 members (excludes halogenated alkanes) is 26. The van der Waals surface area contributed by atoms with Crippen LogP contribution in [-0.2, 0) is 28.6 Å². The van der Waals surface area contributed by atoms with Crippen molar-refractivity contribution in [2.24, 2.45) is 0 Å². The Morgan fingerprint density at radius 3 is 1.07 bits per heavy atom. The molecule has 0 heterocycles. The van der Waals surface area contributed by atoms with E-state index in [-0.39, 0.29) is 37.5 Å². The summed E-state index contributed by atoms with van der Waals surface area (Å²) < 4.78 is 16.7. The Kier molecular flexibility index (Phi) is 46.9. The molecular weight excluding hydrogens is 757 g/mol. The molecule has 0 aliphatic rings. The predicted molar refractivity (Wildman–Crippen MR) is 261 cm³/mol. The van der Waals surface area contributed by atoms with E-state index in [1.54, 1.807) is 0 Å². The fourth-order valence-corrected chi connectivity index (χ4v) is 6.96. The van der Waals surface area contributed by atoms with Crippen LogP contribution in [0.1, 0.15) is 239 Å². The van der Waals surface area contributed by atoms with Gasteiger partial charge in [-0.1, -0.05) is 235 Å². The Labute approximate surface area is 376 Å². The number of rotatable bonds is 45. The maximum atomic E-state index is 12.7. The van der Waals surface area contributed by atoms with Crippen molar-refractivity contribution in [2.45, 2.75) is 245 Å². The van der Waals surface area contributed by atoms with Crippen molar-refractivity contribution in [3.63, 3.8) is 0 Å². The highest BCUT2D eigenvalue weighted by atomic mass is 16.6. The molecule has 0 aromatic rings. The van der Waals surface area contributed by atoms with Crippen LogP contribution in [0.3, 0.4) is 0 Å². The van der Waals surface area contributed by atoms with Gasteiger partial charge in [-0.25, -0.2) is 0 Å². The van der Waals surface area contributed by atoms with Gasteiger partial charge in [-0.2, -0.15) is 0 Å². The Morgan fingerprint density at radius 2 is 0.656 bits per heavy atom. The Bertz CT molecular complexity index is 1160. The molecule has 0 spiro atoms. The monoisotopic (exact) mass is 851 g/mol. The maximum absolute atomic E-state index is 12.7. The minimum absolute atomic E-state index is 0.0986. The first-order valence-corrected chi connectivity index (χ1v) is 25.5. The zero-order valence-corrected chi connectivity index (χ0v) is 39.9. The molecule has 0 saturated carbocycles. The van der Waals surface area contributed by atoms with Crippen LogP contribution in [0.4, 0.5) is 0 Å². The van der Waals surface area contributed by atoms with E-state index in [2.05, 4.69) is 57.2 Å². The third-order valence-corrected chi connectivity index (χ3v) is 10.8. The molecule has 1 unspecified atom stereocenters. The molecule has 0 rings (SSSR count). The van der Waals surface area contributed by atoms with Crippen molar-refractivity contribution in [3.05, 3.63) is 72.9 Å². The second kappa shape index (κ2) is 49.5. The molecule has 6 heteroatoms. The topological polar surface area (TPSA) is 78.9 Å². The average Bonchev–Trinajstić information content (AvgIpc) is 3.26. The van der Waals surface area contributed by atoms with Gasteiger partial charge in [-0.3, -0.25) is 14.4 Å². The van der Waals surface area contributed by atoms with Gasteiger partial charge in [0.25, 0.3) is 0 Å². The van der Waals surface area contributed by atoms with Crippen LogP contribution < -0.4 is 0 Å². The van der Waals surface area contributed by atoms with Crippen LogP contribution in [0.15, 0.2) is 72.9 Å². The smallest absolute Gasteiger partial charge is 0.306 e. The van der Waals surface area contributed by atoms with Crippen molar-refractivity contribution < 1.29 is 28.6 Å². The minimum atomic E-state index is -0.803. The fraction of sp³-hybridized carbons (Fsp3) is 0.727. The summed E-state index contributed by atoms with van der Waals surface area (Å²) in [5.74, 6) is -0.966. The van der Waals surface area contributed by atoms with Crippen LogP contribution in [0.25, 0.3) is 0 Å². The summed E-state index contributed by atoms with van der Waals surface area (Å²) in [6.45, 7) is 6.39. The van der Waals surface area contributed by atoms with Crippen molar-refractivity contribution in [2.75, 3.05) is 13.2 Å². The normalized spacial score (nSPS) is 12.6. The second-order valence-corrected chi connectivity index (χ2v) is 16.8. The van der Waals surface area contributed by atoms with Crippen LogP contribution >= 0.6 is 0 Å². The van der Waals surface area contributed by atoms with Gasteiger partial charge < -0.3 is 14.2 Å². The molecule has 0 bridgehead atoms. The first-order chi connectivity index (χ1) is 30.0. The molecule has 0 aromatic carbocycles. The summed E-state index contributed by atoms with van der Waals surface area (Å²) in [6.07, 6.45) is 61.8. The molecule has 0 aliphatic carbocycles. The highest BCUT2D eigenvalue weighted by Crippen LogP contribution is 2.16. The van der Waals surface area contributed by atoms with Gasteiger partial charge in [-0.15, -0.1) is 0 Å². The van der Waals surface area contributed by atoms with E-state index < -0.39 is 6.10 Å². The van der Waals surface area contributed by atoms with E-state index in [9.17, 15) is 14.4 Å². The van der Waals surface area contributed by atoms with Crippen molar-refractivity contribution in [1.29, 1.82) is 0 Å². The lowest BCUT2D eigenvalue weighted by Gasteiger charge is -2.18. The molecule has 0 aromatic heterocycles. The minimum Gasteiger partial charge on any atom is -0.462 e. The zero-order valence-electron chi connectivity index (χ0n) is 39.9. The third-order valence-electron chi connectivity index (χ3n) is 10.8. The lowest BCUT2D eigenvalue weighted by atomic mass is 10.0. The molecule has 0 saturated heterocycles. The Morgan fingerprint density at radius 1 is 0.344 bits per heavy atom. The van der Waals surface area contributed by atoms with Gasteiger partial charge in [0.1, 0.15) is 13.2 Å². The third kappa shape index (κ3) is 47.7. The summed E-state index contributed by atoms with van der Waals surface area (Å²) in [6, 6.07) is 0. The zero-order chi connectivity index (χ0) is 44.4. The second-order valence-electron chi connectivity index (χ2n) is 16.8. The summed E-state index contributed by atoms with van der Waals surface area (Å²) in [7, 11) is 0. The summed E-state index contributed by atoms with van der Waals surface area (Å²) in [5, 5.41) is 0. The van der Waals surface area contributed by atoms with E-state index >= 15 is 0 Å². The van der Waals surface area contributed by atoms with E-state index in [1.807, 2.05) is 36.5 Å². The number of hydrogen-bond donors (Lipinski definition) is 0. The van der Waals surface area contributed by atoms with E-state index in [1.165, 1.54) is 116 Å². The highest BCUT2D eigenvalue weighted by molar-refractivity contribution is 5.71. The number of carbonyl (C=O) groups is 3. The molecule has 350 valence electrons. The quantitative estimate of drug-likeness (QED) is 0.0263. The first kappa shape index (κ1) is 57.9. The number of allylic oxidation sites excluding steroid dienone is 12. The predicted octanol–water partition coefficient (Wildman–Crippen LogP) is 16.6. The highest BCUT2D eigenvalue weighted by Gasteiger charge is 2.19. The number of carbonyl (C=O) groups excluding carboxylic acids is 3. The lowest BCUT2D eigenvalue weighted by Crippen LogP contribution is -2.30. The summed E-state index contributed by atoms with van der Waals surface area (Å²) >= 11 is 0. The van der Waals surface area contributed by atoms with Crippen LogP contribution in [0.5, 0.6) is 0 Å². The molecule has 0 fully saturated rings. The van der Waals surface area contributed by atoms with Gasteiger partial charge in [0.05, 0.1) is 0 Å². The standard InChI is InChI=1S/C55H94O6/c1-4-7-10-13-16-19-22-24-25-26-27-28-29-31-33-36-39-42-45-48-54(57)60-51-52(50-59-53(56)47-44-41-38-35-32-21-18-15-12-9-6-3)61-55(58)49-46-43-40-37-34-30-23-20-17-14-11-8-5-2/h8,11,14-15,17-18,20-21,23,30,32,34,52H,4-7,9-10,12-13,16,19,22,24-29,31,33,35-51H2,1-3H3/b11-8-,17-14-,18-15-,23-20-,32-21-,34-30-. The van der Waals surface area contributed by atoms with Crippen molar-refractivity contribution >= 4 is 17.9 Å². The van der Waals surface area contributed by atoms with Gasteiger partial charge in [0.2, 0.25) is 0 Å². The largest absolute Gasteiger partial charge is 0.462 e. The van der Waals surface area contributed by atoms with Gasteiger partial charge >= 0.3 is 17.9 Å². The maximum Gasteiger partial charge on any atom is 0.306 e.